The third-order valence-electron chi connectivity index (χ3n) is 2.76. The van der Waals surface area contributed by atoms with E-state index in [4.69, 9.17) is 5.73 Å². The smallest absolute Gasteiger partial charge is 0.225 e. The largest absolute Gasteiger partial charge is 0.399 e. The van der Waals surface area contributed by atoms with Gasteiger partial charge in [-0.05, 0) is 23.8 Å². The minimum atomic E-state index is 0.0242. The molecular weight excluding hydrogens is 268 g/mol. The Morgan fingerprint density at radius 3 is 2.65 bits per heavy atom. The molecule has 2 rings (SSSR count). The summed E-state index contributed by atoms with van der Waals surface area (Å²) in [6.07, 6.45) is 0.506. The van der Waals surface area contributed by atoms with Gasteiger partial charge >= 0.3 is 0 Å². The lowest BCUT2D eigenvalue weighted by Gasteiger charge is -2.06. The Bertz CT molecular complexity index is 557. The molecule has 0 aliphatic heterocycles. The summed E-state index contributed by atoms with van der Waals surface area (Å²) in [5.74, 6) is 1.77. The van der Waals surface area contributed by atoms with Gasteiger partial charge in [-0.3, -0.25) is 4.79 Å². The van der Waals surface area contributed by atoms with E-state index in [0.717, 1.165) is 17.2 Å². The predicted octanol–water partition coefficient (Wildman–Crippen LogP) is 3.53. The van der Waals surface area contributed by atoms with E-state index in [0.29, 0.717) is 12.1 Å². The van der Waals surface area contributed by atoms with Gasteiger partial charge in [0.05, 0.1) is 0 Å². The van der Waals surface area contributed by atoms with Crippen LogP contribution in [0.25, 0.3) is 0 Å². The second kappa shape index (κ2) is 7.60. The highest BCUT2D eigenvalue weighted by molar-refractivity contribution is 7.98. The average molecular weight is 286 g/mol. The first-order valence-corrected chi connectivity index (χ1v) is 7.66. The molecule has 0 aliphatic carbocycles. The summed E-state index contributed by atoms with van der Waals surface area (Å²) >= 11 is 1.76. The second-order valence-corrected chi connectivity index (χ2v) is 5.57. The third kappa shape index (κ3) is 4.97. The van der Waals surface area contributed by atoms with Crippen LogP contribution in [0.1, 0.15) is 12.0 Å². The van der Waals surface area contributed by atoms with Crippen LogP contribution in [0.2, 0.25) is 0 Å². The first kappa shape index (κ1) is 14.5. The highest BCUT2D eigenvalue weighted by Gasteiger charge is 2.02. The molecule has 0 spiro atoms. The molecule has 0 aromatic heterocycles. The monoisotopic (exact) mass is 286 g/mol. The number of hydrogen-bond donors (Lipinski definition) is 2. The highest BCUT2D eigenvalue weighted by Crippen LogP contribution is 2.15. The van der Waals surface area contributed by atoms with Crippen LogP contribution in [-0.2, 0) is 10.5 Å². The Hall–Kier alpha value is -1.94. The topological polar surface area (TPSA) is 55.1 Å². The van der Waals surface area contributed by atoms with Crippen molar-refractivity contribution in [2.24, 2.45) is 0 Å². The summed E-state index contributed by atoms with van der Waals surface area (Å²) in [6, 6.07) is 17.5. The van der Waals surface area contributed by atoms with Crippen LogP contribution in [-0.4, -0.2) is 11.7 Å². The molecule has 0 saturated heterocycles. The first-order valence-electron chi connectivity index (χ1n) is 6.51. The number of benzene rings is 2. The Kier molecular flexibility index (Phi) is 5.50. The second-order valence-electron chi connectivity index (χ2n) is 4.46. The summed E-state index contributed by atoms with van der Waals surface area (Å²) in [5.41, 5.74) is 8.36. The number of carbonyl (C=O) groups is 1. The summed E-state index contributed by atoms with van der Waals surface area (Å²) in [5, 5.41) is 2.85. The van der Waals surface area contributed by atoms with E-state index in [1.54, 1.807) is 23.9 Å². The molecule has 0 atom stereocenters. The molecule has 0 aliphatic rings. The number of nitrogens with two attached hydrogens (primary N) is 1. The fourth-order valence-corrected chi connectivity index (χ4v) is 2.67. The van der Waals surface area contributed by atoms with E-state index in [1.165, 1.54) is 5.56 Å². The van der Waals surface area contributed by atoms with Gasteiger partial charge in [0, 0.05) is 29.3 Å². The molecule has 0 fully saturated rings. The Labute approximate surface area is 123 Å². The standard InChI is InChI=1S/C16H18N2OS/c17-14-7-4-8-15(11-14)18-16(19)9-10-20-12-13-5-2-1-3-6-13/h1-8,11H,9-10,12,17H2,(H,18,19). The molecule has 0 saturated carbocycles. The van der Waals surface area contributed by atoms with Gasteiger partial charge in [-0.25, -0.2) is 0 Å². The van der Waals surface area contributed by atoms with Crippen molar-refractivity contribution in [3.63, 3.8) is 0 Å². The van der Waals surface area contributed by atoms with E-state index >= 15 is 0 Å². The van der Waals surface area contributed by atoms with Gasteiger partial charge in [0.25, 0.3) is 0 Å². The van der Waals surface area contributed by atoms with Crippen LogP contribution >= 0.6 is 11.8 Å². The maximum atomic E-state index is 11.8. The first-order chi connectivity index (χ1) is 9.74. The molecule has 1 amide bonds. The van der Waals surface area contributed by atoms with Gasteiger partial charge in [0.2, 0.25) is 5.91 Å². The molecular formula is C16H18N2OS. The van der Waals surface area contributed by atoms with E-state index < -0.39 is 0 Å². The van der Waals surface area contributed by atoms with E-state index in [-0.39, 0.29) is 5.91 Å². The van der Waals surface area contributed by atoms with Gasteiger partial charge in [0.15, 0.2) is 0 Å². The number of anilines is 2. The Morgan fingerprint density at radius 1 is 1.10 bits per heavy atom. The average Bonchev–Trinajstić information content (AvgIpc) is 2.45. The van der Waals surface area contributed by atoms with Crippen LogP contribution in [0.15, 0.2) is 54.6 Å². The summed E-state index contributed by atoms with van der Waals surface area (Å²) in [6.45, 7) is 0. The number of nitrogens with one attached hydrogen (secondary N) is 1. The predicted molar refractivity (Wildman–Crippen MR) is 86.7 cm³/mol. The molecule has 2 aromatic rings. The Balaban J connectivity index is 1.68. The van der Waals surface area contributed by atoms with Crippen molar-refractivity contribution in [1.82, 2.24) is 0 Å². The van der Waals surface area contributed by atoms with Crippen LogP contribution in [0.3, 0.4) is 0 Å². The lowest BCUT2D eigenvalue weighted by molar-refractivity contribution is -0.115. The molecule has 0 radical (unpaired) electrons. The number of rotatable bonds is 6. The lowest BCUT2D eigenvalue weighted by atomic mass is 10.2. The van der Waals surface area contributed by atoms with Crippen LogP contribution in [0.4, 0.5) is 11.4 Å². The summed E-state index contributed by atoms with van der Waals surface area (Å²) < 4.78 is 0. The highest BCUT2D eigenvalue weighted by atomic mass is 32.2. The van der Waals surface area contributed by atoms with Crippen LogP contribution in [0, 0.1) is 0 Å². The third-order valence-corrected chi connectivity index (χ3v) is 3.79. The fourth-order valence-electron chi connectivity index (χ4n) is 1.77. The van der Waals surface area contributed by atoms with Crippen molar-refractivity contribution in [3.8, 4) is 0 Å². The zero-order chi connectivity index (χ0) is 14.2. The van der Waals surface area contributed by atoms with Gasteiger partial charge < -0.3 is 11.1 Å². The molecule has 0 heterocycles. The van der Waals surface area contributed by atoms with Crippen molar-refractivity contribution in [2.75, 3.05) is 16.8 Å². The normalized spacial score (nSPS) is 10.2. The van der Waals surface area contributed by atoms with E-state index in [2.05, 4.69) is 17.4 Å². The zero-order valence-corrected chi connectivity index (χ0v) is 12.0. The van der Waals surface area contributed by atoms with Crippen molar-refractivity contribution in [3.05, 3.63) is 60.2 Å². The number of amides is 1. The maximum Gasteiger partial charge on any atom is 0.225 e. The maximum absolute atomic E-state index is 11.8. The summed E-state index contributed by atoms with van der Waals surface area (Å²) in [4.78, 5) is 11.8. The van der Waals surface area contributed by atoms with E-state index in [9.17, 15) is 4.79 Å². The molecule has 3 N–H and O–H groups in total. The minimum Gasteiger partial charge on any atom is -0.399 e. The molecule has 2 aromatic carbocycles. The molecule has 0 bridgehead atoms. The summed E-state index contributed by atoms with van der Waals surface area (Å²) in [7, 11) is 0. The number of nitrogen functional groups attached to an aromatic ring is 1. The zero-order valence-electron chi connectivity index (χ0n) is 11.2. The van der Waals surface area contributed by atoms with Gasteiger partial charge in [-0.2, -0.15) is 11.8 Å². The number of carbonyl (C=O) groups excluding carboxylic acids is 1. The molecule has 0 unspecified atom stereocenters. The van der Waals surface area contributed by atoms with Gasteiger partial charge in [-0.15, -0.1) is 0 Å². The lowest BCUT2D eigenvalue weighted by Crippen LogP contribution is -2.12. The molecule has 3 nitrogen and oxygen atoms in total. The Morgan fingerprint density at radius 2 is 1.90 bits per heavy atom. The van der Waals surface area contributed by atoms with Gasteiger partial charge in [-0.1, -0.05) is 36.4 Å². The molecule has 20 heavy (non-hydrogen) atoms. The molecule has 104 valence electrons. The SMILES string of the molecule is Nc1cccc(NC(=O)CCSCc2ccccc2)c1. The fraction of sp³-hybridized carbons (Fsp3) is 0.188. The quantitative estimate of drug-likeness (QED) is 0.631. The van der Waals surface area contributed by atoms with Crippen molar-refractivity contribution >= 4 is 29.0 Å². The minimum absolute atomic E-state index is 0.0242. The van der Waals surface area contributed by atoms with Crippen LogP contribution in [0.5, 0.6) is 0 Å². The van der Waals surface area contributed by atoms with Crippen molar-refractivity contribution in [2.45, 2.75) is 12.2 Å². The van der Waals surface area contributed by atoms with Crippen LogP contribution < -0.4 is 11.1 Å². The van der Waals surface area contributed by atoms with Crippen molar-refractivity contribution < 1.29 is 4.79 Å². The number of thioether (sulfide) groups is 1. The number of hydrogen-bond acceptors (Lipinski definition) is 3. The van der Waals surface area contributed by atoms with E-state index in [1.807, 2.05) is 30.3 Å². The van der Waals surface area contributed by atoms with Gasteiger partial charge in [0.1, 0.15) is 0 Å². The molecule has 4 heteroatoms. The van der Waals surface area contributed by atoms with Crippen molar-refractivity contribution in [1.29, 1.82) is 0 Å².